The van der Waals surface area contributed by atoms with Gasteiger partial charge in [0, 0.05) is 6.42 Å². The molecule has 11 heavy (non-hydrogen) atoms. The van der Waals surface area contributed by atoms with Crippen molar-refractivity contribution in [1.82, 2.24) is 3.11 Å². The zero-order chi connectivity index (χ0) is 8.65. The summed E-state index contributed by atoms with van der Waals surface area (Å²) in [5.41, 5.74) is 0. The number of hydrogen-bond donors (Lipinski definition) is 0. The van der Waals surface area contributed by atoms with Crippen LogP contribution in [0.4, 0.5) is 8.78 Å². The van der Waals surface area contributed by atoms with Crippen molar-refractivity contribution >= 4 is 35.1 Å². The van der Waals surface area contributed by atoms with E-state index in [-0.39, 0.29) is 0 Å². The van der Waals surface area contributed by atoms with Gasteiger partial charge in [0.15, 0.2) is 0 Å². The fourth-order valence-electron chi connectivity index (χ4n) is 0.839. The minimum Gasteiger partial charge on any atom is -0.301 e. The fraction of sp³-hybridized carbons (Fsp3) is 0.600. The van der Waals surface area contributed by atoms with Gasteiger partial charge in [-0.15, -0.1) is 0 Å². The van der Waals surface area contributed by atoms with E-state index in [1.54, 1.807) is 0 Å². The lowest BCUT2D eigenvalue weighted by Crippen LogP contribution is -2.28. The molecule has 1 unspecified atom stereocenters. The summed E-state index contributed by atoms with van der Waals surface area (Å²) >= 11 is 1.42. The normalized spacial score (nSPS) is 29.2. The molecule has 1 aliphatic heterocycles. The zero-order valence-corrected chi connectivity index (χ0v) is 7.42. The van der Waals surface area contributed by atoms with Crippen LogP contribution in [0.3, 0.4) is 0 Å². The van der Waals surface area contributed by atoms with Gasteiger partial charge in [-0.1, -0.05) is 0 Å². The summed E-state index contributed by atoms with van der Waals surface area (Å²) in [6.45, 7) is 0. The third-order valence-electron chi connectivity index (χ3n) is 1.42. The van der Waals surface area contributed by atoms with E-state index >= 15 is 0 Å². The molecule has 3 nitrogen and oxygen atoms in total. The van der Waals surface area contributed by atoms with Crippen LogP contribution in [0.25, 0.3) is 0 Å². The molecule has 1 saturated heterocycles. The van der Waals surface area contributed by atoms with Gasteiger partial charge in [0.05, 0.1) is 22.9 Å². The Morgan fingerprint density at radius 1 is 1.73 bits per heavy atom. The summed E-state index contributed by atoms with van der Waals surface area (Å²) in [5.74, 6) is -4.64. The number of alkyl halides is 2. The first-order valence-electron chi connectivity index (χ1n) is 2.81. The molecule has 0 saturated carbocycles. The van der Waals surface area contributed by atoms with Gasteiger partial charge in [0.2, 0.25) is 0 Å². The van der Waals surface area contributed by atoms with E-state index in [4.69, 9.17) is 0 Å². The van der Waals surface area contributed by atoms with Crippen LogP contribution in [0.5, 0.6) is 0 Å². The monoisotopic (exact) mass is 275 g/mol. The maximum absolute atomic E-state index is 12.5. The Bertz CT molecular complexity index is 209. The maximum atomic E-state index is 12.5. The lowest BCUT2D eigenvalue weighted by molar-refractivity contribution is -0.143. The first-order chi connectivity index (χ1) is 4.99. The SMILES string of the molecule is O=CC1CC(F)(F)C(=O)N1I. The molecule has 1 aliphatic rings. The van der Waals surface area contributed by atoms with Crippen LogP contribution in [0.15, 0.2) is 0 Å². The molecule has 0 aromatic heterocycles. The fourth-order valence-corrected chi connectivity index (χ4v) is 1.52. The summed E-state index contributed by atoms with van der Waals surface area (Å²) in [4.78, 5) is 20.7. The van der Waals surface area contributed by atoms with Crippen LogP contribution in [-0.4, -0.2) is 27.3 Å². The highest BCUT2D eigenvalue weighted by Gasteiger charge is 2.52. The Kier molecular flexibility index (Phi) is 2.13. The van der Waals surface area contributed by atoms with Crippen molar-refractivity contribution in [3.8, 4) is 0 Å². The average Bonchev–Trinajstić information content (AvgIpc) is 2.13. The minimum absolute atomic E-state index is 0.352. The van der Waals surface area contributed by atoms with Crippen LogP contribution in [0, 0.1) is 0 Å². The molecule has 0 aliphatic carbocycles. The molecule has 1 rings (SSSR count). The summed E-state index contributed by atoms with van der Waals surface area (Å²) in [6.07, 6.45) is -0.344. The Hall–Kier alpha value is -0.270. The van der Waals surface area contributed by atoms with Gasteiger partial charge in [-0.3, -0.25) is 7.91 Å². The van der Waals surface area contributed by atoms with Crippen LogP contribution < -0.4 is 0 Å². The van der Waals surface area contributed by atoms with Crippen molar-refractivity contribution < 1.29 is 18.4 Å². The third-order valence-corrected chi connectivity index (χ3v) is 2.57. The summed E-state index contributed by atoms with van der Waals surface area (Å²) in [7, 11) is 0. The Balaban J connectivity index is 2.85. The molecular weight excluding hydrogens is 271 g/mol. The summed E-state index contributed by atoms with van der Waals surface area (Å²) < 4.78 is 25.7. The second-order valence-corrected chi connectivity index (χ2v) is 3.27. The largest absolute Gasteiger partial charge is 0.327 e. The van der Waals surface area contributed by atoms with Crippen molar-refractivity contribution in [3.05, 3.63) is 0 Å². The van der Waals surface area contributed by atoms with Gasteiger partial charge in [-0.25, -0.2) is 0 Å². The molecule has 0 aromatic carbocycles. The number of carbonyl (C=O) groups is 2. The number of carbonyl (C=O) groups excluding carboxylic acids is 2. The molecule has 0 bridgehead atoms. The van der Waals surface area contributed by atoms with E-state index in [1.807, 2.05) is 0 Å². The molecular formula is C5H4F2INO2. The highest BCUT2D eigenvalue weighted by Crippen LogP contribution is 2.34. The minimum atomic E-state index is -3.35. The third kappa shape index (κ3) is 1.35. The zero-order valence-electron chi connectivity index (χ0n) is 5.26. The number of rotatable bonds is 1. The topological polar surface area (TPSA) is 37.4 Å². The number of halogens is 3. The molecule has 0 aromatic rings. The molecule has 0 radical (unpaired) electrons. The lowest BCUT2D eigenvalue weighted by Gasteiger charge is -2.08. The number of nitrogens with zero attached hydrogens (tertiary/aromatic N) is 1. The van der Waals surface area contributed by atoms with Crippen LogP contribution in [-0.2, 0) is 9.59 Å². The first kappa shape index (κ1) is 8.82. The van der Waals surface area contributed by atoms with Crippen LogP contribution >= 0.6 is 22.9 Å². The van der Waals surface area contributed by atoms with Gasteiger partial charge < -0.3 is 4.79 Å². The van der Waals surface area contributed by atoms with E-state index in [9.17, 15) is 18.4 Å². The van der Waals surface area contributed by atoms with Gasteiger partial charge in [0.1, 0.15) is 12.3 Å². The number of hydrogen-bond acceptors (Lipinski definition) is 2. The predicted molar refractivity (Wildman–Crippen MR) is 40.3 cm³/mol. The molecule has 0 spiro atoms. The average molecular weight is 275 g/mol. The maximum Gasteiger partial charge on any atom is 0.327 e. The van der Waals surface area contributed by atoms with Gasteiger partial charge in [-0.05, 0) is 0 Å². The Morgan fingerprint density at radius 3 is 2.45 bits per heavy atom. The molecule has 1 heterocycles. The van der Waals surface area contributed by atoms with Crippen molar-refractivity contribution in [2.45, 2.75) is 18.4 Å². The Morgan fingerprint density at radius 2 is 2.27 bits per heavy atom. The molecule has 1 amide bonds. The molecule has 62 valence electrons. The van der Waals surface area contributed by atoms with Crippen LogP contribution in [0.2, 0.25) is 0 Å². The van der Waals surface area contributed by atoms with Crippen molar-refractivity contribution in [2.24, 2.45) is 0 Å². The quantitative estimate of drug-likeness (QED) is 0.403. The van der Waals surface area contributed by atoms with Gasteiger partial charge >= 0.3 is 11.8 Å². The molecule has 1 fully saturated rings. The van der Waals surface area contributed by atoms with E-state index in [1.165, 1.54) is 22.9 Å². The Labute approximate surface area is 75.2 Å². The van der Waals surface area contributed by atoms with E-state index < -0.39 is 24.3 Å². The summed E-state index contributed by atoms with van der Waals surface area (Å²) in [6, 6.07) is -0.974. The highest BCUT2D eigenvalue weighted by atomic mass is 127. The van der Waals surface area contributed by atoms with Crippen molar-refractivity contribution in [1.29, 1.82) is 0 Å². The second-order valence-electron chi connectivity index (χ2n) is 2.23. The highest BCUT2D eigenvalue weighted by molar-refractivity contribution is 14.1. The summed E-state index contributed by atoms with van der Waals surface area (Å²) in [5, 5.41) is 0. The second kappa shape index (κ2) is 2.65. The number of amides is 1. The van der Waals surface area contributed by atoms with E-state index in [0.29, 0.717) is 6.29 Å². The lowest BCUT2D eigenvalue weighted by atomic mass is 10.2. The predicted octanol–water partition coefficient (Wildman–Crippen LogP) is 0.771. The van der Waals surface area contributed by atoms with Gasteiger partial charge in [0.25, 0.3) is 0 Å². The molecule has 6 heteroatoms. The smallest absolute Gasteiger partial charge is 0.301 e. The molecule has 1 atom stereocenters. The van der Waals surface area contributed by atoms with E-state index in [2.05, 4.69) is 0 Å². The van der Waals surface area contributed by atoms with E-state index in [0.717, 1.165) is 3.11 Å². The number of aldehydes is 1. The first-order valence-corrected chi connectivity index (χ1v) is 3.78. The standard InChI is InChI=1S/C5H4F2INO2/c6-5(7)1-3(2-10)9(8)4(5)11/h2-3H,1H2. The van der Waals surface area contributed by atoms with Gasteiger partial charge in [-0.2, -0.15) is 8.78 Å². The van der Waals surface area contributed by atoms with Crippen LogP contribution in [0.1, 0.15) is 6.42 Å². The molecule has 0 N–H and O–H groups in total. The van der Waals surface area contributed by atoms with Crippen molar-refractivity contribution in [2.75, 3.05) is 0 Å². The van der Waals surface area contributed by atoms with Crippen molar-refractivity contribution in [3.63, 3.8) is 0 Å².